The first-order valence-electron chi connectivity index (χ1n) is 9.85. The van der Waals surface area contributed by atoms with E-state index in [0.29, 0.717) is 23.9 Å². The Morgan fingerprint density at radius 1 is 1.08 bits per heavy atom. The summed E-state index contributed by atoms with van der Waals surface area (Å²) in [6, 6.07) is 1.04. The number of aliphatic hydroxyl groups excluding tert-OH is 3. The Kier molecular flexibility index (Phi) is 1.95. The van der Waals surface area contributed by atoms with Crippen LogP contribution in [0.25, 0.3) is 0 Å². The highest BCUT2D eigenvalue weighted by Crippen LogP contribution is 2.86. The van der Waals surface area contributed by atoms with Gasteiger partial charge in [0, 0.05) is 35.9 Å². The van der Waals surface area contributed by atoms with E-state index in [1.54, 1.807) is 0 Å². The van der Waals surface area contributed by atoms with E-state index in [1.165, 1.54) is 0 Å². The molecule has 3 saturated heterocycles. The molecule has 130 valence electrons. The molecule has 3 aliphatic heterocycles. The van der Waals surface area contributed by atoms with Crippen LogP contribution < -0.4 is 0 Å². The third-order valence-corrected chi connectivity index (χ3v) is 10.3. The molecule has 3 heterocycles. The average molecular weight is 329 g/mol. The second-order valence-corrected chi connectivity index (χ2v) is 10.7. The number of nitrogens with zero attached hydrogens (tertiary/aromatic N) is 1. The summed E-state index contributed by atoms with van der Waals surface area (Å²) in [5.74, 6) is 1.33. The molecule has 4 nitrogen and oxygen atoms in total. The lowest BCUT2D eigenvalue weighted by Crippen LogP contribution is -2.69. The molecular weight excluding hydrogens is 302 g/mol. The minimum atomic E-state index is -0.439. The van der Waals surface area contributed by atoms with Gasteiger partial charge in [-0.25, -0.2) is 0 Å². The van der Waals surface area contributed by atoms with Crippen LogP contribution in [0.1, 0.15) is 32.6 Å². The van der Waals surface area contributed by atoms with Crippen molar-refractivity contribution in [3.8, 4) is 0 Å². The van der Waals surface area contributed by atoms with E-state index in [4.69, 9.17) is 0 Å². The maximum absolute atomic E-state index is 11.3. The molecule has 9 aliphatic rings. The Labute approximate surface area is 142 Å². The minimum Gasteiger partial charge on any atom is -0.393 e. The molecule has 6 saturated carbocycles. The monoisotopic (exact) mass is 329 g/mol. The Bertz CT molecular complexity index is 709. The van der Waals surface area contributed by atoms with Crippen LogP contribution in [0.2, 0.25) is 0 Å². The molecule has 3 N–H and O–H groups in total. The van der Waals surface area contributed by atoms with Crippen LogP contribution in [0.5, 0.6) is 0 Å². The van der Waals surface area contributed by atoms with Gasteiger partial charge in [-0.3, -0.25) is 4.90 Å². The standard InChI is InChI=1S/C20H27NO3/c1-8-10-3-11-16-20-5-9(22)4-18(2)7-21(16)12(14(18)20)6-19(11,17(8)24)15(20)13(10)23/h9-17,22-24H,1,3-7H2,2H3/t9-,10+,11?,12+,13-,14+,15+,16?,17-,18-,19?,20?/m0/s1. The Morgan fingerprint density at radius 3 is 2.67 bits per heavy atom. The first kappa shape index (κ1) is 13.7. The first-order valence-corrected chi connectivity index (χ1v) is 9.85. The number of rotatable bonds is 0. The van der Waals surface area contributed by atoms with E-state index in [9.17, 15) is 15.3 Å². The van der Waals surface area contributed by atoms with Crippen molar-refractivity contribution in [2.75, 3.05) is 6.54 Å². The van der Waals surface area contributed by atoms with Crippen LogP contribution in [0.4, 0.5) is 0 Å². The zero-order chi connectivity index (χ0) is 16.4. The minimum absolute atomic E-state index is 0.0358. The zero-order valence-corrected chi connectivity index (χ0v) is 14.2. The number of aliphatic hydroxyl groups is 3. The van der Waals surface area contributed by atoms with Crippen LogP contribution in [0, 0.1) is 39.9 Å². The van der Waals surface area contributed by atoms with Gasteiger partial charge in [-0.15, -0.1) is 0 Å². The molecule has 4 heteroatoms. The SMILES string of the molecule is C=C1[C@H]2CC3C4N5C[C@]6(C)C[C@H](O)CC47[C@H]([C@H]2O)C3(C[C@@H]5[C@@H]76)[C@H]1O. The molecule has 0 aromatic rings. The van der Waals surface area contributed by atoms with Gasteiger partial charge in [0.15, 0.2) is 0 Å². The van der Waals surface area contributed by atoms with Crippen LogP contribution in [0.3, 0.4) is 0 Å². The van der Waals surface area contributed by atoms with Gasteiger partial charge < -0.3 is 15.3 Å². The Hall–Kier alpha value is -0.420. The largest absolute Gasteiger partial charge is 0.393 e. The van der Waals surface area contributed by atoms with E-state index >= 15 is 0 Å². The number of fused-ring (bicyclic) bond motifs is 1. The molecule has 13 atom stereocenters. The van der Waals surface area contributed by atoms with Gasteiger partial charge in [0.2, 0.25) is 0 Å². The predicted molar refractivity (Wildman–Crippen MR) is 86.8 cm³/mol. The summed E-state index contributed by atoms with van der Waals surface area (Å²) in [6.07, 6.45) is 2.76. The Morgan fingerprint density at radius 2 is 1.88 bits per heavy atom. The van der Waals surface area contributed by atoms with Gasteiger partial charge in [-0.05, 0) is 53.9 Å². The topological polar surface area (TPSA) is 63.9 Å². The summed E-state index contributed by atoms with van der Waals surface area (Å²) in [6.45, 7) is 7.69. The molecule has 9 fully saturated rings. The maximum Gasteiger partial charge on any atom is 0.0815 e. The van der Waals surface area contributed by atoms with Crippen molar-refractivity contribution in [1.29, 1.82) is 0 Å². The molecule has 2 spiro atoms. The highest BCUT2D eigenvalue weighted by molar-refractivity contribution is 5.44. The smallest absolute Gasteiger partial charge is 0.0815 e. The zero-order valence-electron chi connectivity index (χ0n) is 14.2. The molecular formula is C20H27NO3. The second-order valence-electron chi connectivity index (χ2n) is 10.7. The van der Waals surface area contributed by atoms with Crippen molar-refractivity contribution < 1.29 is 15.3 Å². The lowest BCUT2D eigenvalue weighted by Gasteiger charge is -2.66. The van der Waals surface area contributed by atoms with Crippen LogP contribution in [0.15, 0.2) is 12.2 Å². The van der Waals surface area contributed by atoms with Gasteiger partial charge >= 0.3 is 0 Å². The van der Waals surface area contributed by atoms with E-state index < -0.39 is 6.10 Å². The van der Waals surface area contributed by atoms with E-state index in [2.05, 4.69) is 18.4 Å². The molecule has 24 heavy (non-hydrogen) atoms. The van der Waals surface area contributed by atoms with E-state index in [1.807, 2.05) is 0 Å². The summed E-state index contributed by atoms with van der Waals surface area (Å²) < 4.78 is 0. The fourth-order valence-electron chi connectivity index (χ4n) is 10.6. The third-order valence-electron chi connectivity index (χ3n) is 10.3. The summed E-state index contributed by atoms with van der Waals surface area (Å²) >= 11 is 0. The van der Waals surface area contributed by atoms with Gasteiger partial charge in [0.1, 0.15) is 0 Å². The van der Waals surface area contributed by atoms with E-state index in [0.717, 1.165) is 37.8 Å². The lowest BCUT2D eigenvalue weighted by atomic mass is 9.39. The van der Waals surface area contributed by atoms with Crippen LogP contribution in [-0.4, -0.2) is 57.2 Å². The molecule has 5 unspecified atom stereocenters. The molecule has 0 aromatic heterocycles. The van der Waals surface area contributed by atoms with Crippen LogP contribution in [-0.2, 0) is 0 Å². The number of hydrogen-bond donors (Lipinski definition) is 3. The Balaban J connectivity index is 1.54. The fourth-order valence-corrected chi connectivity index (χ4v) is 10.6. The second kappa shape index (κ2) is 3.40. The molecule has 9 bridgehead atoms. The number of hydrogen-bond acceptors (Lipinski definition) is 4. The predicted octanol–water partition coefficient (Wildman–Crippen LogP) is 0.764. The molecule has 9 rings (SSSR count). The number of piperidine rings is 2. The normalized spacial score (nSPS) is 76.1. The highest BCUT2D eigenvalue weighted by Gasteiger charge is 2.90. The third kappa shape index (κ3) is 0.960. The summed E-state index contributed by atoms with van der Waals surface area (Å²) in [7, 11) is 0. The van der Waals surface area contributed by atoms with Crippen molar-refractivity contribution in [2.45, 2.75) is 63.0 Å². The van der Waals surface area contributed by atoms with Crippen molar-refractivity contribution in [2.24, 2.45) is 39.9 Å². The van der Waals surface area contributed by atoms with Crippen molar-refractivity contribution in [3.63, 3.8) is 0 Å². The van der Waals surface area contributed by atoms with Crippen molar-refractivity contribution >= 4 is 0 Å². The van der Waals surface area contributed by atoms with Gasteiger partial charge in [0.25, 0.3) is 0 Å². The first-order chi connectivity index (χ1) is 11.4. The maximum atomic E-state index is 11.3. The summed E-state index contributed by atoms with van der Waals surface area (Å²) in [5, 5.41) is 33.3. The summed E-state index contributed by atoms with van der Waals surface area (Å²) in [5.41, 5.74) is 0.970. The van der Waals surface area contributed by atoms with Gasteiger partial charge in [0.05, 0.1) is 18.3 Å². The van der Waals surface area contributed by atoms with Crippen LogP contribution >= 0.6 is 0 Å². The average Bonchev–Trinajstić information content (AvgIpc) is 2.92. The molecule has 0 aromatic carbocycles. The molecule has 0 radical (unpaired) electrons. The fraction of sp³-hybridized carbons (Fsp3) is 0.900. The molecule has 0 amide bonds. The quantitative estimate of drug-likeness (QED) is 0.574. The van der Waals surface area contributed by atoms with Gasteiger partial charge in [-0.2, -0.15) is 0 Å². The van der Waals surface area contributed by atoms with E-state index in [-0.39, 0.29) is 40.3 Å². The highest BCUT2D eigenvalue weighted by atomic mass is 16.3. The van der Waals surface area contributed by atoms with Crippen molar-refractivity contribution in [1.82, 2.24) is 4.90 Å². The molecule has 6 aliphatic carbocycles. The summed E-state index contributed by atoms with van der Waals surface area (Å²) in [4.78, 5) is 2.77. The van der Waals surface area contributed by atoms with Crippen molar-refractivity contribution in [3.05, 3.63) is 12.2 Å². The van der Waals surface area contributed by atoms with Gasteiger partial charge in [-0.1, -0.05) is 13.5 Å². The lowest BCUT2D eigenvalue weighted by molar-refractivity contribution is -0.220.